The smallest absolute Gasteiger partial charge is 0.161 e. The molecule has 1 aliphatic carbocycles. The highest BCUT2D eigenvalue weighted by Gasteiger charge is 2.33. The molecule has 0 bridgehead atoms. The lowest BCUT2D eigenvalue weighted by molar-refractivity contribution is 0.0980. The van der Waals surface area contributed by atoms with Crippen molar-refractivity contribution in [3.63, 3.8) is 0 Å². The van der Waals surface area contributed by atoms with Crippen LogP contribution in [0, 0.1) is 5.92 Å². The maximum absolute atomic E-state index is 9.78. The van der Waals surface area contributed by atoms with Crippen LogP contribution in [0.25, 0.3) is 0 Å². The molecule has 0 saturated heterocycles. The number of nitrogens with one attached hydrogen (secondary N) is 1. The quantitative estimate of drug-likeness (QED) is 0.629. The number of rotatable bonds is 4. The van der Waals surface area contributed by atoms with Crippen LogP contribution in [0.5, 0.6) is 11.5 Å². The molecule has 1 aliphatic rings. The van der Waals surface area contributed by atoms with Crippen molar-refractivity contribution < 1.29 is 15.3 Å². The fraction of sp³-hybridized carbons (Fsp3) is 0.600. The van der Waals surface area contributed by atoms with Crippen molar-refractivity contribution in [1.82, 2.24) is 5.32 Å². The number of hydrogen-bond donors (Lipinski definition) is 4. The molecule has 106 valence electrons. The van der Waals surface area contributed by atoms with Crippen LogP contribution < -0.4 is 5.32 Å². The van der Waals surface area contributed by atoms with E-state index in [0.717, 1.165) is 19.3 Å². The molecule has 0 heterocycles. The summed E-state index contributed by atoms with van der Waals surface area (Å²) in [5, 5.41) is 32.3. The summed E-state index contributed by atoms with van der Waals surface area (Å²) in [6.45, 7) is 2.77. The summed E-state index contributed by atoms with van der Waals surface area (Å²) < 4.78 is 0. The number of benzene rings is 1. The normalized spacial score (nSPS) is 27.4. The summed E-state index contributed by atoms with van der Waals surface area (Å²) in [5.74, 6) is 0.424. The SMILES string of the molecule is CC1CCCC(CO)(NCc2cccc(O)c2O)C1. The zero-order valence-electron chi connectivity index (χ0n) is 11.4. The third-order valence-electron chi connectivity index (χ3n) is 4.15. The maximum atomic E-state index is 9.78. The Balaban J connectivity index is 2.05. The van der Waals surface area contributed by atoms with Crippen molar-refractivity contribution in [3.05, 3.63) is 23.8 Å². The third-order valence-corrected chi connectivity index (χ3v) is 4.15. The Morgan fingerprint density at radius 1 is 1.37 bits per heavy atom. The Morgan fingerprint density at radius 3 is 2.84 bits per heavy atom. The number of aliphatic hydroxyl groups is 1. The summed E-state index contributed by atoms with van der Waals surface area (Å²) in [4.78, 5) is 0. The van der Waals surface area contributed by atoms with Crippen LogP contribution in [0.4, 0.5) is 0 Å². The fourth-order valence-electron chi connectivity index (χ4n) is 3.02. The van der Waals surface area contributed by atoms with Crippen molar-refractivity contribution >= 4 is 0 Å². The van der Waals surface area contributed by atoms with Crippen LogP contribution in [0.2, 0.25) is 0 Å². The van der Waals surface area contributed by atoms with Crippen molar-refractivity contribution in [3.8, 4) is 11.5 Å². The second-order valence-electron chi connectivity index (χ2n) is 5.78. The minimum Gasteiger partial charge on any atom is -0.504 e. The van der Waals surface area contributed by atoms with E-state index in [1.807, 2.05) is 0 Å². The van der Waals surface area contributed by atoms with Gasteiger partial charge in [-0.2, -0.15) is 0 Å². The van der Waals surface area contributed by atoms with E-state index in [9.17, 15) is 15.3 Å². The summed E-state index contributed by atoms with van der Waals surface area (Å²) in [6, 6.07) is 4.95. The van der Waals surface area contributed by atoms with Gasteiger partial charge in [0.05, 0.1) is 6.61 Å². The van der Waals surface area contributed by atoms with Gasteiger partial charge in [0.1, 0.15) is 0 Å². The summed E-state index contributed by atoms with van der Waals surface area (Å²) in [5.41, 5.74) is 0.404. The Labute approximate surface area is 114 Å². The van der Waals surface area contributed by atoms with Gasteiger partial charge in [-0.3, -0.25) is 0 Å². The average Bonchev–Trinajstić information content (AvgIpc) is 2.40. The molecule has 2 rings (SSSR count). The van der Waals surface area contributed by atoms with E-state index in [-0.39, 0.29) is 23.6 Å². The molecule has 2 atom stereocenters. The molecule has 1 saturated carbocycles. The van der Waals surface area contributed by atoms with E-state index < -0.39 is 0 Å². The van der Waals surface area contributed by atoms with E-state index in [2.05, 4.69) is 12.2 Å². The van der Waals surface area contributed by atoms with Gasteiger partial charge in [-0.1, -0.05) is 31.9 Å². The minimum absolute atomic E-state index is 0.0769. The summed E-state index contributed by atoms with van der Waals surface area (Å²) >= 11 is 0. The highest BCUT2D eigenvalue weighted by atomic mass is 16.3. The van der Waals surface area contributed by atoms with E-state index in [1.165, 1.54) is 12.5 Å². The number of aliphatic hydroxyl groups excluding tert-OH is 1. The van der Waals surface area contributed by atoms with Gasteiger partial charge in [-0.25, -0.2) is 0 Å². The van der Waals surface area contributed by atoms with E-state index in [0.29, 0.717) is 18.0 Å². The second kappa shape index (κ2) is 5.80. The van der Waals surface area contributed by atoms with Gasteiger partial charge in [0.2, 0.25) is 0 Å². The van der Waals surface area contributed by atoms with Crippen LogP contribution in [0.1, 0.15) is 38.2 Å². The molecule has 0 aliphatic heterocycles. The topological polar surface area (TPSA) is 72.7 Å². The third kappa shape index (κ3) is 3.19. The molecule has 2 unspecified atom stereocenters. The molecule has 0 spiro atoms. The molecule has 0 aromatic heterocycles. The minimum atomic E-state index is -0.254. The highest BCUT2D eigenvalue weighted by molar-refractivity contribution is 5.44. The largest absolute Gasteiger partial charge is 0.504 e. The van der Waals surface area contributed by atoms with Crippen molar-refractivity contribution in [2.45, 2.75) is 44.7 Å². The van der Waals surface area contributed by atoms with Gasteiger partial charge in [0.15, 0.2) is 11.5 Å². The van der Waals surface area contributed by atoms with E-state index >= 15 is 0 Å². The van der Waals surface area contributed by atoms with Crippen LogP contribution in [-0.4, -0.2) is 27.5 Å². The number of phenols is 2. The molecule has 1 aromatic rings. The molecule has 1 fully saturated rings. The zero-order chi connectivity index (χ0) is 13.9. The number of phenolic OH excluding ortho intramolecular Hbond substituents is 2. The molecule has 4 nitrogen and oxygen atoms in total. The van der Waals surface area contributed by atoms with Gasteiger partial charge in [0.25, 0.3) is 0 Å². The van der Waals surface area contributed by atoms with Crippen molar-refractivity contribution in [1.29, 1.82) is 0 Å². The molecular formula is C15H23NO3. The Hall–Kier alpha value is -1.26. The summed E-state index contributed by atoms with van der Waals surface area (Å²) in [6.07, 6.45) is 4.22. The lowest BCUT2D eigenvalue weighted by Gasteiger charge is -2.39. The number of aromatic hydroxyl groups is 2. The standard InChI is InChI=1S/C15H23NO3/c1-11-4-3-7-15(8-11,10-17)16-9-12-5-2-6-13(18)14(12)19/h2,5-6,11,16-19H,3-4,7-10H2,1H3. The van der Waals surface area contributed by atoms with Crippen LogP contribution in [-0.2, 0) is 6.54 Å². The maximum Gasteiger partial charge on any atom is 0.161 e. The lowest BCUT2D eigenvalue weighted by atomic mass is 9.76. The summed E-state index contributed by atoms with van der Waals surface area (Å²) in [7, 11) is 0. The molecule has 0 radical (unpaired) electrons. The molecular weight excluding hydrogens is 242 g/mol. The molecule has 19 heavy (non-hydrogen) atoms. The van der Waals surface area contributed by atoms with Crippen LogP contribution >= 0.6 is 0 Å². The zero-order valence-corrected chi connectivity index (χ0v) is 11.4. The first-order chi connectivity index (χ1) is 9.06. The van der Waals surface area contributed by atoms with E-state index in [1.54, 1.807) is 12.1 Å². The highest BCUT2D eigenvalue weighted by Crippen LogP contribution is 2.33. The van der Waals surface area contributed by atoms with E-state index in [4.69, 9.17) is 0 Å². The van der Waals surface area contributed by atoms with Crippen molar-refractivity contribution in [2.24, 2.45) is 5.92 Å². The van der Waals surface area contributed by atoms with Gasteiger partial charge >= 0.3 is 0 Å². The fourth-order valence-corrected chi connectivity index (χ4v) is 3.02. The van der Waals surface area contributed by atoms with Gasteiger partial charge in [-0.15, -0.1) is 0 Å². The first-order valence-electron chi connectivity index (χ1n) is 6.92. The number of para-hydroxylation sites is 1. The Kier molecular flexibility index (Phi) is 4.32. The monoisotopic (exact) mass is 265 g/mol. The van der Waals surface area contributed by atoms with Gasteiger partial charge in [0, 0.05) is 17.6 Å². The Morgan fingerprint density at radius 2 is 2.16 bits per heavy atom. The lowest BCUT2D eigenvalue weighted by Crippen LogP contribution is -2.51. The predicted octanol–water partition coefficient (Wildman–Crippen LogP) is 2.13. The van der Waals surface area contributed by atoms with Gasteiger partial charge < -0.3 is 20.6 Å². The first kappa shape index (κ1) is 14.2. The average molecular weight is 265 g/mol. The van der Waals surface area contributed by atoms with Crippen LogP contribution in [0.3, 0.4) is 0 Å². The molecule has 0 amide bonds. The molecule has 1 aromatic carbocycles. The number of hydrogen-bond acceptors (Lipinski definition) is 4. The molecule has 4 N–H and O–H groups in total. The molecule has 4 heteroatoms. The predicted molar refractivity (Wildman–Crippen MR) is 74.1 cm³/mol. The van der Waals surface area contributed by atoms with Crippen LogP contribution in [0.15, 0.2) is 18.2 Å². The van der Waals surface area contributed by atoms with Gasteiger partial charge in [-0.05, 0) is 24.8 Å². The second-order valence-corrected chi connectivity index (χ2v) is 5.78. The Bertz CT molecular complexity index is 435. The first-order valence-corrected chi connectivity index (χ1v) is 6.92. The van der Waals surface area contributed by atoms with Crippen molar-refractivity contribution in [2.75, 3.05) is 6.61 Å².